The van der Waals surface area contributed by atoms with Crippen molar-refractivity contribution in [2.24, 2.45) is 0 Å². The van der Waals surface area contributed by atoms with Gasteiger partial charge < -0.3 is 24.3 Å². The van der Waals surface area contributed by atoms with E-state index in [0.717, 1.165) is 4.88 Å². The molecular formula is C25H25N3O6S. The first-order chi connectivity index (χ1) is 16.9. The second kappa shape index (κ2) is 10.6. The number of benzene rings is 1. The summed E-state index contributed by atoms with van der Waals surface area (Å²) in [4.78, 5) is 53.7. The Morgan fingerprint density at radius 1 is 1.03 bits per heavy atom. The molecule has 3 heterocycles. The van der Waals surface area contributed by atoms with Gasteiger partial charge in [0.05, 0.1) is 26.3 Å². The minimum Gasteiger partial charge on any atom is -0.496 e. The van der Waals surface area contributed by atoms with Crippen LogP contribution in [-0.2, 0) is 24.2 Å². The number of carbonyl (C=O) groups excluding carboxylic acids is 3. The molecule has 0 spiro atoms. The highest BCUT2D eigenvalue weighted by atomic mass is 32.1. The molecule has 9 nitrogen and oxygen atoms in total. The van der Waals surface area contributed by atoms with Gasteiger partial charge >= 0.3 is 5.97 Å². The first kappa shape index (κ1) is 24.2. The highest BCUT2D eigenvalue weighted by Crippen LogP contribution is 2.24. The summed E-state index contributed by atoms with van der Waals surface area (Å²) in [6.07, 6.45) is 0.288. The van der Waals surface area contributed by atoms with Crippen LogP contribution in [0.4, 0.5) is 0 Å². The Hall–Kier alpha value is -3.92. The number of methoxy groups -OCH3 is 2. The maximum absolute atomic E-state index is 13.2. The number of pyridine rings is 1. The van der Waals surface area contributed by atoms with Crippen LogP contribution in [0.2, 0.25) is 0 Å². The summed E-state index contributed by atoms with van der Waals surface area (Å²) < 4.78 is 11.7. The lowest BCUT2D eigenvalue weighted by Gasteiger charge is -2.20. The van der Waals surface area contributed by atoms with E-state index in [2.05, 4.69) is 5.32 Å². The molecule has 1 aliphatic heterocycles. The molecule has 4 rings (SSSR count). The van der Waals surface area contributed by atoms with Gasteiger partial charge in [-0.1, -0.05) is 12.1 Å². The Labute approximate surface area is 205 Å². The topological polar surface area (TPSA) is 107 Å². The number of rotatable bonds is 6. The van der Waals surface area contributed by atoms with Crippen molar-refractivity contribution >= 4 is 29.1 Å². The lowest BCUT2D eigenvalue weighted by Crippen LogP contribution is -2.34. The standard InChI is InChI=1S/C25H25N3O6S/c1-33-20-14-21(29)28-11-10-27(24(31)16-5-3-6-17(13-16)25(32)34-2)9-8-19(28)22(20)23(30)26-15-18-7-4-12-35-18/h3-7,12-14H,8-11,15H2,1-2H3,(H,26,30). The maximum atomic E-state index is 13.2. The molecular weight excluding hydrogens is 470 g/mol. The van der Waals surface area contributed by atoms with Crippen molar-refractivity contribution in [3.63, 3.8) is 0 Å². The molecule has 0 saturated carbocycles. The van der Waals surface area contributed by atoms with Crippen molar-refractivity contribution in [2.75, 3.05) is 27.3 Å². The van der Waals surface area contributed by atoms with Crippen LogP contribution in [0, 0.1) is 0 Å². The number of fused-ring (bicyclic) bond motifs is 1. The number of nitrogens with zero attached hydrogens (tertiary/aromatic N) is 2. The fraction of sp³-hybridized carbons (Fsp3) is 0.280. The van der Waals surface area contributed by atoms with Gasteiger partial charge in [0.2, 0.25) is 0 Å². The Kier molecular flexibility index (Phi) is 7.31. The van der Waals surface area contributed by atoms with E-state index in [1.54, 1.807) is 23.1 Å². The van der Waals surface area contributed by atoms with E-state index in [1.807, 2.05) is 17.5 Å². The van der Waals surface area contributed by atoms with E-state index < -0.39 is 5.97 Å². The molecule has 0 unspecified atom stereocenters. The number of aromatic nitrogens is 1. The van der Waals surface area contributed by atoms with Crippen LogP contribution >= 0.6 is 11.3 Å². The van der Waals surface area contributed by atoms with E-state index in [0.29, 0.717) is 29.9 Å². The molecule has 0 atom stereocenters. The van der Waals surface area contributed by atoms with E-state index in [9.17, 15) is 19.2 Å². The molecule has 1 aliphatic rings. The summed E-state index contributed by atoms with van der Waals surface area (Å²) in [5.74, 6) is -0.938. The van der Waals surface area contributed by atoms with Crippen molar-refractivity contribution in [1.82, 2.24) is 14.8 Å². The summed E-state index contributed by atoms with van der Waals surface area (Å²) in [7, 11) is 2.70. The zero-order chi connectivity index (χ0) is 24.9. The second-order valence-corrected chi connectivity index (χ2v) is 8.93. The normalized spacial score (nSPS) is 12.9. The molecule has 0 fully saturated rings. The smallest absolute Gasteiger partial charge is 0.337 e. The van der Waals surface area contributed by atoms with Crippen LogP contribution < -0.4 is 15.6 Å². The van der Waals surface area contributed by atoms with Crippen LogP contribution in [0.5, 0.6) is 5.75 Å². The largest absolute Gasteiger partial charge is 0.496 e. The van der Waals surface area contributed by atoms with Crippen molar-refractivity contribution < 1.29 is 23.9 Å². The minimum atomic E-state index is -0.528. The highest BCUT2D eigenvalue weighted by molar-refractivity contribution is 7.09. The lowest BCUT2D eigenvalue weighted by molar-refractivity contribution is 0.0600. The van der Waals surface area contributed by atoms with Gasteiger partial charge in [-0.2, -0.15) is 0 Å². The van der Waals surface area contributed by atoms with Gasteiger partial charge in [-0.15, -0.1) is 11.3 Å². The van der Waals surface area contributed by atoms with Crippen molar-refractivity contribution in [2.45, 2.75) is 19.5 Å². The Balaban J connectivity index is 1.60. The Morgan fingerprint density at radius 3 is 2.54 bits per heavy atom. The molecule has 0 saturated heterocycles. The van der Waals surface area contributed by atoms with Crippen molar-refractivity contribution in [3.8, 4) is 5.75 Å². The van der Waals surface area contributed by atoms with Gasteiger partial charge in [0.15, 0.2) is 0 Å². The molecule has 1 aromatic carbocycles. The van der Waals surface area contributed by atoms with Gasteiger partial charge in [0.1, 0.15) is 11.3 Å². The lowest BCUT2D eigenvalue weighted by atomic mass is 10.1. The minimum absolute atomic E-state index is 0.204. The third kappa shape index (κ3) is 5.12. The van der Waals surface area contributed by atoms with Crippen molar-refractivity contribution in [1.29, 1.82) is 0 Å². The third-order valence-electron chi connectivity index (χ3n) is 5.86. The predicted octanol–water partition coefficient (Wildman–Crippen LogP) is 2.33. The molecule has 0 radical (unpaired) electrons. The zero-order valence-electron chi connectivity index (χ0n) is 19.4. The number of amides is 2. The average molecular weight is 496 g/mol. The van der Waals surface area contributed by atoms with E-state index in [1.165, 1.54) is 42.3 Å². The number of carbonyl (C=O) groups is 3. The molecule has 10 heteroatoms. The van der Waals surface area contributed by atoms with Gasteiger partial charge in [-0.05, 0) is 29.6 Å². The van der Waals surface area contributed by atoms with Gasteiger partial charge in [-0.3, -0.25) is 14.4 Å². The van der Waals surface area contributed by atoms with Crippen LogP contribution in [0.1, 0.15) is 41.6 Å². The number of esters is 1. The second-order valence-electron chi connectivity index (χ2n) is 7.90. The van der Waals surface area contributed by atoms with Gasteiger partial charge in [0.25, 0.3) is 17.4 Å². The quantitative estimate of drug-likeness (QED) is 0.526. The molecule has 3 aromatic rings. The van der Waals surface area contributed by atoms with E-state index in [-0.39, 0.29) is 48.2 Å². The predicted molar refractivity (Wildman–Crippen MR) is 130 cm³/mol. The fourth-order valence-corrected chi connectivity index (χ4v) is 4.75. The Morgan fingerprint density at radius 2 is 1.83 bits per heavy atom. The number of thiophene rings is 1. The first-order valence-corrected chi connectivity index (χ1v) is 11.9. The number of hydrogen-bond donors (Lipinski definition) is 1. The molecule has 2 aromatic heterocycles. The van der Waals surface area contributed by atoms with Crippen LogP contribution in [0.15, 0.2) is 52.6 Å². The SMILES string of the molecule is COC(=O)c1cccc(C(=O)N2CCc3c(C(=O)NCc4cccs4)c(OC)cc(=O)n3CC2)c1. The average Bonchev–Trinajstić information content (AvgIpc) is 3.31. The third-order valence-corrected chi connectivity index (χ3v) is 6.74. The molecule has 1 N–H and O–H groups in total. The Bertz CT molecular complexity index is 1320. The van der Waals surface area contributed by atoms with Gasteiger partial charge in [-0.25, -0.2) is 4.79 Å². The fourth-order valence-electron chi connectivity index (χ4n) is 4.11. The molecule has 35 heavy (non-hydrogen) atoms. The molecule has 0 bridgehead atoms. The first-order valence-electron chi connectivity index (χ1n) is 11.0. The zero-order valence-corrected chi connectivity index (χ0v) is 20.2. The number of hydrogen-bond acceptors (Lipinski definition) is 7. The maximum Gasteiger partial charge on any atom is 0.337 e. The van der Waals surface area contributed by atoms with Crippen LogP contribution in [0.3, 0.4) is 0 Å². The number of ether oxygens (including phenoxy) is 2. The number of nitrogens with one attached hydrogen (secondary N) is 1. The van der Waals surface area contributed by atoms with Crippen LogP contribution in [-0.4, -0.2) is 54.6 Å². The molecule has 2 amide bonds. The molecule has 182 valence electrons. The summed E-state index contributed by atoms with van der Waals surface area (Å²) in [6.45, 7) is 1.15. The van der Waals surface area contributed by atoms with Crippen molar-refractivity contribution in [3.05, 3.63) is 85.5 Å². The summed E-state index contributed by atoms with van der Waals surface area (Å²) in [6, 6.07) is 11.5. The highest BCUT2D eigenvalue weighted by Gasteiger charge is 2.27. The monoisotopic (exact) mass is 495 g/mol. The van der Waals surface area contributed by atoms with E-state index in [4.69, 9.17) is 9.47 Å². The van der Waals surface area contributed by atoms with Gasteiger partial charge in [0, 0.05) is 48.3 Å². The summed E-state index contributed by atoms with van der Waals surface area (Å²) in [5.41, 5.74) is 1.15. The van der Waals surface area contributed by atoms with Crippen LogP contribution in [0.25, 0.3) is 0 Å². The van der Waals surface area contributed by atoms with E-state index >= 15 is 0 Å². The molecule has 0 aliphatic carbocycles. The summed E-state index contributed by atoms with van der Waals surface area (Å²) >= 11 is 1.54. The summed E-state index contributed by atoms with van der Waals surface area (Å²) in [5, 5.41) is 4.83.